The van der Waals surface area contributed by atoms with Gasteiger partial charge in [0.1, 0.15) is 5.75 Å². The van der Waals surface area contributed by atoms with Crippen LogP contribution in [0.4, 0.5) is 0 Å². The topological polar surface area (TPSA) is 93.7 Å². The highest BCUT2D eigenvalue weighted by molar-refractivity contribution is 7.89. The molecule has 1 fully saturated rings. The Morgan fingerprint density at radius 3 is 2.57 bits per heavy atom. The average molecular weight is 441 g/mol. The highest BCUT2D eigenvalue weighted by atomic mass is 32.2. The van der Waals surface area contributed by atoms with Crippen LogP contribution < -0.4 is 14.8 Å². The minimum atomic E-state index is -3.48. The highest BCUT2D eigenvalue weighted by Crippen LogP contribution is 2.19. The molecule has 8 heteroatoms. The van der Waals surface area contributed by atoms with E-state index in [0.717, 1.165) is 43.2 Å². The van der Waals surface area contributed by atoms with Crippen LogP contribution in [-0.2, 0) is 26.0 Å². The van der Waals surface area contributed by atoms with Gasteiger partial charge in [-0.3, -0.25) is 4.79 Å². The van der Waals surface area contributed by atoms with E-state index in [1.54, 1.807) is 0 Å². The standard InChI is InChI=1S/C22H36N2O5S/c1-2-3-16-30(26,27)24-22(29-18-25)17-20-7-9-21(10-8-20)28-15-5-4-6-19-11-13-23-14-12-19/h7-10,18-19,22-24H,2-6,11-17H2,1H3/t22-/m1/s1. The summed E-state index contributed by atoms with van der Waals surface area (Å²) in [6.07, 6.45) is 6.76. The Hall–Kier alpha value is -1.64. The third-order valence-electron chi connectivity index (χ3n) is 5.38. The number of benzene rings is 1. The third kappa shape index (κ3) is 9.91. The first-order valence-electron chi connectivity index (χ1n) is 11.0. The van der Waals surface area contributed by atoms with Gasteiger partial charge in [0.05, 0.1) is 12.4 Å². The van der Waals surface area contributed by atoms with Crippen LogP contribution in [0.3, 0.4) is 0 Å². The van der Waals surface area contributed by atoms with Crippen LogP contribution in [-0.4, -0.2) is 46.6 Å². The SMILES string of the molecule is CCCCS(=O)(=O)N[C@@H](Cc1ccc(OCCCCC2CCNCC2)cc1)OC=O. The summed E-state index contributed by atoms with van der Waals surface area (Å²) in [5, 5.41) is 3.40. The maximum absolute atomic E-state index is 12.1. The number of carbonyl (C=O) groups is 1. The number of piperidine rings is 1. The van der Waals surface area contributed by atoms with Crippen molar-refractivity contribution < 1.29 is 22.7 Å². The van der Waals surface area contributed by atoms with Gasteiger partial charge in [0.15, 0.2) is 6.23 Å². The zero-order valence-corrected chi connectivity index (χ0v) is 18.8. The molecule has 170 valence electrons. The summed E-state index contributed by atoms with van der Waals surface area (Å²) in [7, 11) is -3.48. The smallest absolute Gasteiger partial charge is 0.294 e. The molecule has 0 unspecified atom stereocenters. The number of rotatable bonds is 15. The van der Waals surface area contributed by atoms with Crippen molar-refractivity contribution in [2.45, 2.75) is 64.5 Å². The van der Waals surface area contributed by atoms with E-state index in [1.807, 2.05) is 31.2 Å². The number of sulfonamides is 1. The molecule has 7 nitrogen and oxygen atoms in total. The Bertz CT molecular complexity index is 703. The van der Waals surface area contributed by atoms with Gasteiger partial charge in [-0.15, -0.1) is 0 Å². The van der Waals surface area contributed by atoms with E-state index in [9.17, 15) is 13.2 Å². The van der Waals surface area contributed by atoms with Crippen molar-refractivity contribution in [1.29, 1.82) is 0 Å². The number of ether oxygens (including phenoxy) is 2. The van der Waals surface area contributed by atoms with Gasteiger partial charge in [0.2, 0.25) is 10.0 Å². The van der Waals surface area contributed by atoms with Crippen LogP contribution >= 0.6 is 0 Å². The van der Waals surface area contributed by atoms with Gasteiger partial charge in [-0.05, 0) is 68.8 Å². The van der Waals surface area contributed by atoms with Crippen molar-refractivity contribution in [2.24, 2.45) is 5.92 Å². The predicted molar refractivity (Wildman–Crippen MR) is 118 cm³/mol. The van der Waals surface area contributed by atoms with Gasteiger partial charge >= 0.3 is 0 Å². The van der Waals surface area contributed by atoms with Gasteiger partial charge in [-0.1, -0.05) is 31.9 Å². The molecule has 1 aromatic rings. The Labute approximate surface area is 181 Å². The molecule has 30 heavy (non-hydrogen) atoms. The van der Waals surface area contributed by atoms with E-state index in [0.29, 0.717) is 13.0 Å². The number of hydrogen-bond donors (Lipinski definition) is 2. The molecule has 0 spiro atoms. The van der Waals surface area contributed by atoms with Crippen molar-refractivity contribution in [3.05, 3.63) is 29.8 Å². The van der Waals surface area contributed by atoms with Crippen LogP contribution in [0.5, 0.6) is 5.75 Å². The number of unbranched alkanes of at least 4 members (excludes halogenated alkanes) is 2. The minimum Gasteiger partial charge on any atom is -0.494 e. The lowest BCUT2D eigenvalue weighted by Crippen LogP contribution is -2.39. The molecule has 1 aromatic carbocycles. The van der Waals surface area contributed by atoms with Crippen LogP contribution in [0.25, 0.3) is 0 Å². The van der Waals surface area contributed by atoms with Crippen molar-refractivity contribution in [3.8, 4) is 5.75 Å². The van der Waals surface area contributed by atoms with Crippen molar-refractivity contribution >= 4 is 16.5 Å². The maximum atomic E-state index is 12.1. The third-order valence-corrected chi connectivity index (χ3v) is 6.82. The largest absolute Gasteiger partial charge is 0.494 e. The second-order valence-corrected chi connectivity index (χ2v) is 9.77. The summed E-state index contributed by atoms with van der Waals surface area (Å²) < 4.78 is 37.3. The molecule has 0 aliphatic carbocycles. The van der Waals surface area contributed by atoms with E-state index in [-0.39, 0.29) is 18.6 Å². The fraction of sp³-hybridized carbons (Fsp3) is 0.682. The Kier molecular flexibility index (Phi) is 11.2. The second-order valence-electron chi connectivity index (χ2n) is 7.90. The molecule has 1 saturated heterocycles. The summed E-state index contributed by atoms with van der Waals surface area (Å²) >= 11 is 0. The van der Waals surface area contributed by atoms with Crippen molar-refractivity contribution in [3.63, 3.8) is 0 Å². The van der Waals surface area contributed by atoms with Crippen LogP contribution in [0.1, 0.15) is 57.4 Å². The van der Waals surface area contributed by atoms with Crippen LogP contribution in [0, 0.1) is 5.92 Å². The first-order chi connectivity index (χ1) is 14.5. The molecule has 0 amide bonds. The monoisotopic (exact) mass is 440 g/mol. The molecule has 0 radical (unpaired) electrons. The first-order valence-corrected chi connectivity index (χ1v) is 12.7. The maximum Gasteiger partial charge on any atom is 0.294 e. The van der Waals surface area contributed by atoms with Gasteiger partial charge in [-0.25, -0.2) is 8.42 Å². The van der Waals surface area contributed by atoms with Crippen LogP contribution in [0.15, 0.2) is 24.3 Å². The summed E-state index contributed by atoms with van der Waals surface area (Å²) in [4.78, 5) is 10.8. The van der Waals surface area contributed by atoms with Gasteiger partial charge in [0.25, 0.3) is 6.47 Å². The summed E-state index contributed by atoms with van der Waals surface area (Å²) in [6, 6.07) is 7.47. The normalized spacial score (nSPS) is 16.2. The van der Waals surface area contributed by atoms with Crippen molar-refractivity contribution in [2.75, 3.05) is 25.4 Å². The summed E-state index contributed by atoms with van der Waals surface area (Å²) in [5.74, 6) is 1.66. The first kappa shape index (κ1) is 24.6. The lowest BCUT2D eigenvalue weighted by molar-refractivity contribution is -0.133. The Morgan fingerprint density at radius 2 is 1.90 bits per heavy atom. The molecule has 2 N–H and O–H groups in total. The summed E-state index contributed by atoms with van der Waals surface area (Å²) in [5.41, 5.74) is 0.860. The molecular formula is C22H36N2O5S. The molecule has 1 atom stereocenters. The van der Waals surface area contributed by atoms with E-state index in [4.69, 9.17) is 9.47 Å². The number of hydrogen-bond acceptors (Lipinski definition) is 6. The Morgan fingerprint density at radius 1 is 1.17 bits per heavy atom. The Balaban J connectivity index is 1.72. The minimum absolute atomic E-state index is 0.0205. The summed E-state index contributed by atoms with van der Waals surface area (Å²) in [6.45, 7) is 5.18. The van der Waals surface area contributed by atoms with E-state index in [2.05, 4.69) is 10.0 Å². The van der Waals surface area contributed by atoms with E-state index < -0.39 is 16.3 Å². The molecular weight excluding hydrogens is 404 g/mol. The lowest BCUT2D eigenvalue weighted by atomic mass is 9.93. The van der Waals surface area contributed by atoms with Gasteiger partial charge in [0, 0.05) is 6.42 Å². The molecule has 1 aliphatic heterocycles. The van der Waals surface area contributed by atoms with Gasteiger partial charge in [-0.2, -0.15) is 4.72 Å². The quantitative estimate of drug-likeness (QED) is 0.247. The molecule has 1 aliphatic rings. The zero-order valence-electron chi connectivity index (χ0n) is 18.0. The molecule has 0 bridgehead atoms. The van der Waals surface area contributed by atoms with Crippen molar-refractivity contribution in [1.82, 2.24) is 10.0 Å². The molecule has 1 heterocycles. The lowest BCUT2D eigenvalue weighted by Gasteiger charge is -2.22. The fourth-order valence-corrected chi connectivity index (χ4v) is 4.94. The van der Waals surface area contributed by atoms with E-state index >= 15 is 0 Å². The predicted octanol–water partition coefficient (Wildman–Crippen LogP) is 3.00. The number of nitrogens with one attached hydrogen (secondary N) is 2. The molecule has 0 saturated carbocycles. The van der Waals surface area contributed by atoms with Crippen LogP contribution in [0.2, 0.25) is 0 Å². The zero-order chi connectivity index (χ0) is 21.7. The second kappa shape index (κ2) is 13.6. The molecule has 2 rings (SSSR count). The fourth-order valence-electron chi connectivity index (χ4n) is 3.61. The number of carbonyl (C=O) groups excluding carboxylic acids is 1. The highest BCUT2D eigenvalue weighted by Gasteiger charge is 2.19. The molecule has 0 aromatic heterocycles. The van der Waals surface area contributed by atoms with E-state index in [1.165, 1.54) is 25.7 Å². The van der Waals surface area contributed by atoms with Gasteiger partial charge < -0.3 is 14.8 Å². The average Bonchev–Trinajstić information content (AvgIpc) is 2.74.